The fourth-order valence-corrected chi connectivity index (χ4v) is 6.12. The van der Waals surface area contributed by atoms with Crippen LogP contribution < -0.4 is 30.7 Å². The van der Waals surface area contributed by atoms with E-state index in [1.807, 2.05) is 0 Å². The lowest BCUT2D eigenvalue weighted by Gasteiger charge is -2.07. The summed E-state index contributed by atoms with van der Waals surface area (Å²) in [7, 11) is 0. The van der Waals surface area contributed by atoms with Crippen LogP contribution in [0.1, 0.15) is 90.9 Å². The molecule has 0 saturated carbocycles. The summed E-state index contributed by atoms with van der Waals surface area (Å²) >= 11 is -0.334. The molecule has 172 valence electrons. The van der Waals surface area contributed by atoms with E-state index in [-0.39, 0.29) is 21.2 Å². The molecule has 2 aromatic carbocycles. The van der Waals surface area contributed by atoms with Crippen molar-refractivity contribution < 1.29 is 30.7 Å². The fourth-order valence-electron chi connectivity index (χ4n) is 3.52. The second-order valence-corrected chi connectivity index (χ2v) is 11.1. The van der Waals surface area contributed by atoms with Crippen molar-refractivity contribution in [3.8, 4) is 11.5 Å². The van der Waals surface area contributed by atoms with Crippen LogP contribution in [-0.2, 0) is 0 Å². The Labute approximate surface area is 201 Å². The molecule has 0 amide bonds. The van der Waals surface area contributed by atoms with Crippen LogP contribution in [0.5, 0.6) is 11.5 Å². The smallest absolute Gasteiger partial charge is 0.366 e. The van der Waals surface area contributed by atoms with E-state index >= 15 is 0 Å². The van der Waals surface area contributed by atoms with Crippen LogP contribution in [0, 0.1) is 7.14 Å². The van der Waals surface area contributed by atoms with Crippen LogP contribution in [-0.4, -0.2) is 13.2 Å². The molecule has 2 rings (SSSR count). The molecule has 0 bridgehead atoms. The molecule has 0 aliphatic carbocycles. The van der Waals surface area contributed by atoms with Crippen molar-refractivity contribution >= 4 is 0 Å². The largest absolute Gasteiger partial charge is 0.489 e. The van der Waals surface area contributed by atoms with Crippen molar-refractivity contribution in [1.82, 2.24) is 0 Å². The predicted molar refractivity (Wildman–Crippen MR) is 128 cm³/mol. The second-order valence-electron chi connectivity index (χ2n) is 8.19. The zero-order valence-corrected chi connectivity index (χ0v) is 21.9. The van der Waals surface area contributed by atoms with Crippen LogP contribution in [0.15, 0.2) is 48.5 Å². The molecule has 0 saturated heterocycles. The number of unbranched alkanes of at least 4 members (excludes halogenated alkanes) is 10. The summed E-state index contributed by atoms with van der Waals surface area (Å²) in [5.41, 5.74) is 0. The number of ether oxygens (including phenoxy) is 2. The van der Waals surface area contributed by atoms with Crippen LogP contribution >= 0.6 is 0 Å². The standard InChI is InChI=1S/C28H42IO2/c1-3-5-7-9-11-17-23-30-27-21-15-13-19-25(27)29-26-20-14-16-22-28(26)31-24-18-12-10-8-6-4-2/h13-16,19-22H,3-12,17-18,23-24H2,1-2H3/q+1. The monoisotopic (exact) mass is 537 g/mol. The predicted octanol–water partition coefficient (Wildman–Crippen LogP) is 5.29. The number of para-hydroxylation sites is 2. The molecule has 3 heteroatoms. The Bertz CT molecular complexity index is 641. The van der Waals surface area contributed by atoms with Gasteiger partial charge in [0.15, 0.2) is 11.5 Å². The number of halogens is 1. The normalized spacial score (nSPS) is 10.9. The third-order valence-corrected chi connectivity index (χ3v) is 8.33. The van der Waals surface area contributed by atoms with Gasteiger partial charge in [-0.2, -0.15) is 0 Å². The Balaban J connectivity index is 1.81. The maximum Gasteiger partial charge on any atom is 0.366 e. The van der Waals surface area contributed by atoms with Crippen molar-refractivity contribution in [2.75, 3.05) is 13.2 Å². The molecule has 0 spiro atoms. The first-order valence-corrected chi connectivity index (χ1v) is 14.6. The number of benzene rings is 2. The first-order valence-electron chi connectivity index (χ1n) is 12.4. The van der Waals surface area contributed by atoms with Crippen molar-refractivity contribution in [3.05, 3.63) is 55.7 Å². The highest BCUT2D eigenvalue weighted by molar-refractivity contribution is 5.23. The molecule has 0 heterocycles. The van der Waals surface area contributed by atoms with Gasteiger partial charge in [-0.3, -0.25) is 0 Å². The number of hydrogen-bond acceptors (Lipinski definition) is 2. The Morgan fingerprint density at radius 1 is 0.516 bits per heavy atom. The number of hydrogen-bond donors (Lipinski definition) is 0. The minimum Gasteiger partial charge on any atom is -0.489 e. The molecule has 0 radical (unpaired) electrons. The summed E-state index contributed by atoms with van der Waals surface area (Å²) < 4.78 is 15.1. The molecule has 0 unspecified atom stereocenters. The van der Waals surface area contributed by atoms with Gasteiger partial charge in [0.1, 0.15) is 0 Å². The third kappa shape index (κ3) is 11.3. The molecule has 0 aromatic heterocycles. The van der Waals surface area contributed by atoms with Crippen molar-refractivity contribution in [2.45, 2.75) is 90.9 Å². The van der Waals surface area contributed by atoms with Gasteiger partial charge in [0, 0.05) is 0 Å². The molecule has 2 aromatic rings. The van der Waals surface area contributed by atoms with Crippen LogP contribution in [0.2, 0.25) is 0 Å². The van der Waals surface area contributed by atoms with E-state index in [9.17, 15) is 0 Å². The SMILES string of the molecule is CCCCCCCCOc1ccccc1[I+]c1ccccc1OCCCCCCCC. The zero-order valence-electron chi connectivity index (χ0n) is 19.7. The van der Waals surface area contributed by atoms with Crippen LogP contribution in [0.3, 0.4) is 0 Å². The quantitative estimate of drug-likeness (QED) is 0.190. The van der Waals surface area contributed by atoms with Gasteiger partial charge in [-0.25, -0.2) is 0 Å². The van der Waals surface area contributed by atoms with Gasteiger partial charge in [-0.1, -0.05) is 102 Å². The van der Waals surface area contributed by atoms with E-state index in [1.54, 1.807) is 0 Å². The molecule has 0 aliphatic rings. The molecule has 0 aliphatic heterocycles. The molecule has 2 nitrogen and oxygen atoms in total. The van der Waals surface area contributed by atoms with Crippen molar-refractivity contribution in [3.63, 3.8) is 0 Å². The fraction of sp³-hybridized carbons (Fsp3) is 0.571. The highest BCUT2D eigenvalue weighted by atomic mass is 127. The molecular weight excluding hydrogens is 495 g/mol. The van der Waals surface area contributed by atoms with E-state index < -0.39 is 0 Å². The van der Waals surface area contributed by atoms with E-state index in [0.717, 1.165) is 37.6 Å². The lowest BCUT2D eigenvalue weighted by molar-refractivity contribution is -0.599. The summed E-state index contributed by atoms with van der Waals surface area (Å²) in [5.74, 6) is 2.13. The Morgan fingerprint density at radius 3 is 1.35 bits per heavy atom. The molecule has 31 heavy (non-hydrogen) atoms. The first-order chi connectivity index (χ1) is 15.3. The summed E-state index contributed by atoms with van der Waals surface area (Å²) in [6.07, 6.45) is 15.5. The van der Waals surface area contributed by atoms with E-state index in [4.69, 9.17) is 9.47 Å². The van der Waals surface area contributed by atoms with Gasteiger partial charge in [0.05, 0.1) is 13.2 Å². The first kappa shape index (κ1) is 26.0. The van der Waals surface area contributed by atoms with Gasteiger partial charge >= 0.3 is 21.2 Å². The maximum absolute atomic E-state index is 6.19. The lowest BCUT2D eigenvalue weighted by atomic mass is 10.1. The lowest BCUT2D eigenvalue weighted by Crippen LogP contribution is -3.61. The van der Waals surface area contributed by atoms with Gasteiger partial charge in [-0.15, -0.1) is 0 Å². The third-order valence-electron chi connectivity index (χ3n) is 5.39. The second kappa shape index (κ2) is 17.3. The molecule has 0 fully saturated rings. The average molecular weight is 538 g/mol. The van der Waals surface area contributed by atoms with E-state index in [2.05, 4.69) is 62.4 Å². The van der Waals surface area contributed by atoms with Crippen molar-refractivity contribution in [2.24, 2.45) is 0 Å². The number of rotatable bonds is 18. The summed E-state index contributed by atoms with van der Waals surface area (Å²) in [6, 6.07) is 17.2. The van der Waals surface area contributed by atoms with Gasteiger partial charge < -0.3 is 9.47 Å². The van der Waals surface area contributed by atoms with Crippen LogP contribution in [0.25, 0.3) is 0 Å². The summed E-state index contributed by atoms with van der Waals surface area (Å²) in [5, 5.41) is 0. The minimum absolute atomic E-state index is 0.334. The molecular formula is C28H42IO2+. The highest BCUT2D eigenvalue weighted by Gasteiger charge is 2.24. The van der Waals surface area contributed by atoms with Crippen LogP contribution in [0.4, 0.5) is 0 Å². The molecule has 0 atom stereocenters. The average Bonchev–Trinajstić information content (AvgIpc) is 2.80. The summed E-state index contributed by atoms with van der Waals surface area (Å²) in [6.45, 7) is 6.17. The van der Waals surface area contributed by atoms with Crippen molar-refractivity contribution in [1.29, 1.82) is 0 Å². The van der Waals surface area contributed by atoms with E-state index in [0.29, 0.717) is 0 Å². The molecule has 0 N–H and O–H groups in total. The summed E-state index contributed by atoms with van der Waals surface area (Å²) in [4.78, 5) is 0. The van der Waals surface area contributed by atoms with Gasteiger partial charge in [0.2, 0.25) is 7.14 Å². The maximum atomic E-state index is 6.19. The highest BCUT2D eigenvalue weighted by Crippen LogP contribution is 2.14. The zero-order chi connectivity index (χ0) is 22.0. The Morgan fingerprint density at radius 2 is 0.903 bits per heavy atom. The topological polar surface area (TPSA) is 18.5 Å². The van der Waals surface area contributed by atoms with Gasteiger partial charge in [-0.05, 0) is 37.1 Å². The minimum atomic E-state index is -0.334. The Hall–Kier alpha value is -1.23. The van der Waals surface area contributed by atoms with E-state index in [1.165, 1.54) is 71.3 Å². The Kier molecular flexibility index (Phi) is 14.6. The van der Waals surface area contributed by atoms with Gasteiger partial charge in [0.25, 0.3) is 0 Å².